The van der Waals surface area contributed by atoms with Crippen molar-refractivity contribution < 1.29 is 47.5 Å². The first-order chi connectivity index (χ1) is 18.3. The van der Waals surface area contributed by atoms with Crippen LogP contribution in [0.3, 0.4) is 0 Å². The lowest BCUT2D eigenvalue weighted by molar-refractivity contribution is -0.139. The van der Waals surface area contributed by atoms with Crippen molar-refractivity contribution in [3.8, 4) is 0 Å². The standard InChI is InChI=1S/C27H44O10/c1-2-3-7-10-30-11-12-31-13-14-32-15-16-33-17-18-34-19-20-35-21-22-36-23-24-37-27(29)26(28)25-8-5-4-6-9-25/h4-6,8-9H,2-3,7,10-24H2,1H3. The summed E-state index contributed by atoms with van der Waals surface area (Å²) < 4.78 is 42.8. The third kappa shape index (κ3) is 20.8. The Hall–Kier alpha value is -1.92. The van der Waals surface area contributed by atoms with Gasteiger partial charge in [0.25, 0.3) is 5.78 Å². The van der Waals surface area contributed by atoms with Crippen LogP contribution in [0.25, 0.3) is 0 Å². The SMILES string of the molecule is CCCCCOCCOCCOCCOCCOCCOCCOCCOC(=O)C(=O)c1ccccc1. The summed E-state index contributed by atoms with van der Waals surface area (Å²) in [6.45, 7) is 9.13. The topological polar surface area (TPSA) is 108 Å². The van der Waals surface area contributed by atoms with E-state index in [2.05, 4.69) is 6.92 Å². The molecule has 0 N–H and O–H groups in total. The molecule has 0 amide bonds. The summed E-state index contributed by atoms with van der Waals surface area (Å²) in [5.41, 5.74) is 0.302. The second kappa shape index (κ2) is 25.7. The van der Waals surface area contributed by atoms with Gasteiger partial charge in [0, 0.05) is 12.2 Å². The molecule has 0 fully saturated rings. The smallest absolute Gasteiger partial charge is 0.379 e. The van der Waals surface area contributed by atoms with Gasteiger partial charge < -0.3 is 37.9 Å². The maximum absolute atomic E-state index is 11.8. The summed E-state index contributed by atoms with van der Waals surface area (Å²) in [5.74, 6) is -1.56. The predicted octanol–water partition coefficient (Wildman–Crippen LogP) is 2.72. The number of hydrogen-bond donors (Lipinski definition) is 0. The Labute approximate surface area is 220 Å². The Morgan fingerprint density at radius 1 is 0.514 bits per heavy atom. The summed E-state index contributed by atoms with van der Waals surface area (Å²) in [6.07, 6.45) is 3.52. The maximum Gasteiger partial charge on any atom is 0.379 e. The Balaban J connectivity index is 1.71. The van der Waals surface area contributed by atoms with Gasteiger partial charge in [-0.3, -0.25) is 4.79 Å². The lowest BCUT2D eigenvalue weighted by Gasteiger charge is -2.08. The molecule has 0 unspecified atom stereocenters. The minimum Gasteiger partial charge on any atom is -0.457 e. The molecule has 0 aliphatic carbocycles. The molecule has 1 aromatic rings. The molecule has 0 aromatic heterocycles. The highest BCUT2D eigenvalue weighted by atomic mass is 16.6. The number of ether oxygens (including phenoxy) is 8. The van der Waals surface area contributed by atoms with E-state index in [4.69, 9.17) is 37.9 Å². The molecule has 10 nitrogen and oxygen atoms in total. The summed E-state index contributed by atoms with van der Waals surface area (Å²) in [7, 11) is 0. The first-order valence-corrected chi connectivity index (χ1v) is 13.1. The van der Waals surface area contributed by atoms with E-state index in [1.54, 1.807) is 30.3 Å². The van der Waals surface area contributed by atoms with Crippen LogP contribution in [-0.4, -0.2) is 111 Å². The second-order valence-corrected chi connectivity index (χ2v) is 7.82. The molecule has 1 aromatic carbocycles. The molecule has 0 spiro atoms. The van der Waals surface area contributed by atoms with Gasteiger partial charge >= 0.3 is 5.97 Å². The fourth-order valence-electron chi connectivity index (χ4n) is 2.84. The number of carbonyl (C=O) groups excluding carboxylic acids is 2. The first kappa shape index (κ1) is 33.1. The van der Waals surface area contributed by atoms with Crippen LogP contribution < -0.4 is 0 Å². The molecule has 0 aliphatic rings. The average molecular weight is 529 g/mol. The number of carbonyl (C=O) groups is 2. The molecule has 0 saturated carbocycles. The molecule has 10 heteroatoms. The van der Waals surface area contributed by atoms with Crippen molar-refractivity contribution in [1.29, 1.82) is 0 Å². The maximum atomic E-state index is 11.8. The lowest BCUT2D eigenvalue weighted by atomic mass is 10.1. The summed E-state index contributed by atoms with van der Waals surface area (Å²) in [6, 6.07) is 8.27. The number of benzene rings is 1. The van der Waals surface area contributed by atoms with E-state index in [1.165, 1.54) is 12.8 Å². The Morgan fingerprint density at radius 2 is 0.892 bits per heavy atom. The van der Waals surface area contributed by atoms with Crippen molar-refractivity contribution in [2.75, 3.05) is 99.1 Å². The van der Waals surface area contributed by atoms with Gasteiger partial charge in [0.2, 0.25) is 0 Å². The third-order valence-corrected chi connectivity index (χ3v) is 4.81. The van der Waals surface area contributed by atoms with Crippen LogP contribution in [-0.2, 0) is 42.7 Å². The Morgan fingerprint density at radius 3 is 1.30 bits per heavy atom. The number of rotatable bonds is 27. The van der Waals surface area contributed by atoms with Gasteiger partial charge in [0.1, 0.15) is 6.61 Å². The van der Waals surface area contributed by atoms with Crippen molar-refractivity contribution in [2.45, 2.75) is 26.2 Å². The number of ketones is 1. The number of hydrogen-bond acceptors (Lipinski definition) is 10. The third-order valence-electron chi connectivity index (χ3n) is 4.81. The molecular weight excluding hydrogens is 484 g/mol. The Bertz CT molecular complexity index is 656. The zero-order chi connectivity index (χ0) is 26.7. The van der Waals surface area contributed by atoms with E-state index in [0.29, 0.717) is 84.8 Å². The van der Waals surface area contributed by atoms with Crippen molar-refractivity contribution in [3.63, 3.8) is 0 Å². The zero-order valence-corrected chi connectivity index (χ0v) is 22.2. The predicted molar refractivity (Wildman–Crippen MR) is 137 cm³/mol. The monoisotopic (exact) mass is 528 g/mol. The highest BCUT2D eigenvalue weighted by Gasteiger charge is 2.17. The highest BCUT2D eigenvalue weighted by Crippen LogP contribution is 2.01. The van der Waals surface area contributed by atoms with E-state index in [1.807, 2.05) is 0 Å². The van der Waals surface area contributed by atoms with Gasteiger partial charge in [-0.1, -0.05) is 50.1 Å². The van der Waals surface area contributed by atoms with Gasteiger partial charge in [-0.05, 0) is 6.42 Å². The van der Waals surface area contributed by atoms with Crippen LogP contribution in [0.1, 0.15) is 36.5 Å². The number of Topliss-reactive ketones (excluding diaryl/α,β-unsaturated/α-hetero) is 1. The van der Waals surface area contributed by atoms with Crippen molar-refractivity contribution in [3.05, 3.63) is 35.9 Å². The lowest BCUT2D eigenvalue weighted by Crippen LogP contribution is -2.20. The largest absolute Gasteiger partial charge is 0.457 e. The van der Waals surface area contributed by atoms with Crippen molar-refractivity contribution >= 4 is 11.8 Å². The molecule has 0 heterocycles. The Kier molecular flexibility index (Phi) is 23.0. The summed E-state index contributed by atoms with van der Waals surface area (Å²) in [5, 5.41) is 0. The van der Waals surface area contributed by atoms with E-state index >= 15 is 0 Å². The van der Waals surface area contributed by atoms with Crippen LogP contribution >= 0.6 is 0 Å². The molecule has 0 aliphatic heterocycles. The van der Waals surface area contributed by atoms with Gasteiger partial charge in [0.05, 0.1) is 85.9 Å². The average Bonchev–Trinajstić information content (AvgIpc) is 2.93. The number of esters is 1. The molecule has 0 bridgehead atoms. The van der Waals surface area contributed by atoms with Crippen molar-refractivity contribution in [2.24, 2.45) is 0 Å². The molecule has 1 rings (SSSR count). The van der Waals surface area contributed by atoms with Crippen LogP contribution in [0.4, 0.5) is 0 Å². The molecule has 212 valence electrons. The zero-order valence-electron chi connectivity index (χ0n) is 22.2. The quantitative estimate of drug-likeness (QED) is 0.0732. The van der Waals surface area contributed by atoms with Crippen LogP contribution in [0.15, 0.2) is 30.3 Å². The number of unbranched alkanes of at least 4 members (excludes halogenated alkanes) is 2. The van der Waals surface area contributed by atoms with Crippen LogP contribution in [0.5, 0.6) is 0 Å². The summed E-state index contributed by atoms with van der Waals surface area (Å²) in [4.78, 5) is 23.5. The van der Waals surface area contributed by atoms with Crippen molar-refractivity contribution in [1.82, 2.24) is 0 Å². The van der Waals surface area contributed by atoms with Gasteiger partial charge in [-0.2, -0.15) is 0 Å². The van der Waals surface area contributed by atoms with Gasteiger partial charge in [0.15, 0.2) is 0 Å². The minimum absolute atomic E-state index is 0.00796. The van der Waals surface area contributed by atoms with Gasteiger partial charge in [-0.25, -0.2) is 4.79 Å². The van der Waals surface area contributed by atoms with E-state index in [9.17, 15) is 9.59 Å². The second-order valence-electron chi connectivity index (χ2n) is 7.82. The molecular formula is C27H44O10. The summed E-state index contributed by atoms with van der Waals surface area (Å²) >= 11 is 0. The van der Waals surface area contributed by atoms with E-state index in [-0.39, 0.29) is 13.2 Å². The molecule has 0 atom stereocenters. The van der Waals surface area contributed by atoms with Crippen LogP contribution in [0.2, 0.25) is 0 Å². The molecule has 0 saturated heterocycles. The van der Waals surface area contributed by atoms with E-state index < -0.39 is 11.8 Å². The van der Waals surface area contributed by atoms with Crippen LogP contribution in [0, 0.1) is 0 Å². The fourth-order valence-corrected chi connectivity index (χ4v) is 2.84. The van der Waals surface area contributed by atoms with E-state index in [0.717, 1.165) is 13.0 Å². The first-order valence-electron chi connectivity index (χ1n) is 13.1. The normalized spacial score (nSPS) is 11.1. The minimum atomic E-state index is -0.890. The molecule has 0 radical (unpaired) electrons. The fraction of sp³-hybridized carbons (Fsp3) is 0.704. The molecule has 37 heavy (non-hydrogen) atoms. The van der Waals surface area contributed by atoms with Gasteiger partial charge in [-0.15, -0.1) is 0 Å². The highest BCUT2D eigenvalue weighted by molar-refractivity contribution is 6.40.